The third kappa shape index (κ3) is 4.39. The molecule has 2 aromatic carbocycles. The molecule has 1 aromatic heterocycles. The zero-order valence-corrected chi connectivity index (χ0v) is 22.4. The molecular formula is C29H31ClFN5O2. The lowest BCUT2D eigenvalue weighted by atomic mass is 9.77. The van der Waals surface area contributed by atoms with E-state index in [-0.39, 0.29) is 6.42 Å². The molecule has 198 valence electrons. The van der Waals surface area contributed by atoms with Gasteiger partial charge in [0.1, 0.15) is 10.8 Å². The number of fused-ring (bicyclic) bond motifs is 1. The number of aliphatic carboxylic acids is 1. The van der Waals surface area contributed by atoms with Crippen LogP contribution in [0, 0.1) is 5.82 Å². The normalized spacial score (nSPS) is 22.2. The maximum Gasteiger partial charge on any atom is 0.304 e. The van der Waals surface area contributed by atoms with E-state index in [0.29, 0.717) is 40.5 Å². The largest absolute Gasteiger partial charge is 0.481 e. The molecule has 6 rings (SSSR count). The number of carbonyl (C=O) groups is 1. The van der Waals surface area contributed by atoms with Crippen LogP contribution >= 0.6 is 11.6 Å². The molecule has 0 amide bonds. The Bertz CT molecular complexity index is 1430. The van der Waals surface area contributed by atoms with E-state index >= 15 is 0 Å². The van der Waals surface area contributed by atoms with Crippen LogP contribution in [-0.4, -0.2) is 45.6 Å². The van der Waals surface area contributed by atoms with Gasteiger partial charge in [-0.1, -0.05) is 25.4 Å². The van der Waals surface area contributed by atoms with E-state index in [1.165, 1.54) is 41.7 Å². The summed E-state index contributed by atoms with van der Waals surface area (Å²) >= 11 is 6.58. The van der Waals surface area contributed by atoms with Crippen LogP contribution in [-0.2, 0) is 23.2 Å². The van der Waals surface area contributed by atoms with Crippen LogP contribution in [0.15, 0.2) is 36.5 Å². The molecule has 2 aliphatic heterocycles. The van der Waals surface area contributed by atoms with E-state index in [4.69, 9.17) is 16.6 Å². The summed E-state index contributed by atoms with van der Waals surface area (Å²) < 4.78 is 14.2. The minimum Gasteiger partial charge on any atom is -0.481 e. The summed E-state index contributed by atoms with van der Waals surface area (Å²) in [5, 5.41) is 13.3. The highest BCUT2D eigenvalue weighted by Crippen LogP contribution is 2.47. The second-order valence-electron chi connectivity index (χ2n) is 11.0. The van der Waals surface area contributed by atoms with Gasteiger partial charge in [-0.2, -0.15) is 4.98 Å². The standard InChI is InChI=1S/C29H31ClFN5O2/c1-3-35-14-18-6-4-5-17-9-21(10-19(15-35)26(17)18)33-28-32-13-23(30)27(34-28)36-16-29(2,12-25(37)38)22-11-20(31)7-8-24(22)36/h7-11,13,18H,3-6,12,14-16H2,1-2H3,(H,37,38)(H,32,33,34). The van der Waals surface area contributed by atoms with Gasteiger partial charge in [0.25, 0.3) is 0 Å². The highest BCUT2D eigenvalue weighted by molar-refractivity contribution is 6.33. The zero-order chi connectivity index (χ0) is 26.6. The van der Waals surface area contributed by atoms with E-state index in [1.807, 2.05) is 11.8 Å². The first kappa shape index (κ1) is 25.1. The van der Waals surface area contributed by atoms with Crippen LogP contribution < -0.4 is 10.2 Å². The molecule has 2 unspecified atom stereocenters. The molecule has 2 atom stereocenters. The Hall–Kier alpha value is -3.23. The zero-order valence-electron chi connectivity index (χ0n) is 21.6. The number of nitrogens with zero attached hydrogens (tertiary/aromatic N) is 4. The lowest BCUT2D eigenvalue weighted by molar-refractivity contribution is -0.138. The van der Waals surface area contributed by atoms with Crippen LogP contribution in [0.1, 0.15) is 61.3 Å². The quantitative estimate of drug-likeness (QED) is 0.391. The second kappa shape index (κ2) is 9.50. The van der Waals surface area contributed by atoms with E-state index < -0.39 is 17.2 Å². The number of carboxylic acid groups (broad SMARTS) is 1. The molecule has 0 radical (unpaired) electrons. The number of likely N-dealkylation sites (N-methyl/N-ethyl adjacent to an activating group) is 1. The Morgan fingerprint density at radius 3 is 2.89 bits per heavy atom. The minimum atomic E-state index is -0.944. The molecule has 7 nitrogen and oxygen atoms in total. The summed E-state index contributed by atoms with van der Waals surface area (Å²) in [5.41, 5.74) is 5.79. The molecule has 0 bridgehead atoms. The number of anilines is 4. The van der Waals surface area contributed by atoms with Crippen molar-refractivity contribution in [3.05, 3.63) is 69.6 Å². The van der Waals surface area contributed by atoms with Gasteiger partial charge >= 0.3 is 5.97 Å². The molecule has 2 N–H and O–H groups in total. The summed E-state index contributed by atoms with van der Waals surface area (Å²) in [6.07, 6.45) is 4.94. The molecule has 38 heavy (non-hydrogen) atoms. The van der Waals surface area contributed by atoms with Crippen molar-refractivity contribution in [1.82, 2.24) is 14.9 Å². The van der Waals surface area contributed by atoms with Gasteiger partial charge in [-0.05, 0) is 84.3 Å². The Balaban J connectivity index is 1.34. The van der Waals surface area contributed by atoms with Crippen molar-refractivity contribution in [2.45, 2.75) is 57.4 Å². The average molecular weight is 536 g/mol. The van der Waals surface area contributed by atoms with Gasteiger partial charge in [0.05, 0.1) is 12.6 Å². The summed E-state index contributed by atoms with van der Waals surface area (Å²) in [5.74, 6) is 0.125. The van der Waals surface area contributed by atoms with Gasteiger partial charge in [0.15, 0.2) is 5.82 Å². The van der Waals surface area contributed by atoms with E-state index in [2.05, 4.69) is 34.3 Å². The van der Waals surface area contributed by atoms with Gasteiger partial charge < -0.3 is 15.3 Å². The number of halogens is 2. The van der Waals surface area contributed by atoms with Gasteiger partial charge in [-0.15, -0.1) is 0 Å². The third-order valence-electron chi connectivity index (χ3n) is 8.26. The minimum absolute atomic E-state index is 0.137. The molecule has 0 fully saturated rings. The van der Waals surface area contributed by atoms with Crippen LogP contribution in [0.2, 0.25) is 5.02 Å². The van der Waals surface area contributed by atoms with Crippen molar-refractivity contribution >= 4 is 40.7 Å². The molecular weight excluding hydrogens is 505 g/mol. The summed E-state index contributed by atoms with van der Waals surface area (Å²) in [6, 6.07) is 8.89. The number of aryl methyl sites for hydroxylation is 1. The third-order valence-corrected chi connectivity index (χ3v) is 8.53. The fourth-order valence-electron chi connectivity index (χ4n) is 6.59. The van der Waals surface area contributed by atoms with Crippen molar-refractivity contribution in [1.29, 1.82) is 0 Å². The lowest BCUT2D eigenvalue weighted by Gasteiger charge is -2.38. The smallest absolute Gasteiger partial charge is 0.304 e. The fraction of sp³-hybridized carbons (Fsp3) is 0.414. The van der Waals surface area contributed by atoms with Crippen LogP contribution in [0.3, 0.4) is 0 Å². The first-order valence-corrected chi connectivity index (χ1v) is 13.6. The molecule has 0 saturated heterocycles. The summed E-state index contributed by atoms with van der Waals surface area (Å²) in [4.78, 5) is 25.2. The number of hydrogen-bond acceptors (Lipinski definition) is 6. The predicted octanol–water partition coefficient (Wildman–Crippen LogP) is 6.15. The van der Waals surface area contributed by atoms with E-state index in [9.17, 15) is 14.3 Å². The van der Waals surface area contributed by atoms with E-state index in [0.717, 1.165) is 31.7 Å². The van der Waals surface area contributed by atoms with Gasteiger partial charge in [-0.25, -0.2) is 9.37 Å². The molecule has 0 spiro atoms. The fourth-order valence-corrected chi connectivity index (χ4v) is 6.79. The lowest BCUT2D eigenvalue weighted by Crippen LogP contribution is -2.35. The number of rotatable bonds is 6. The summed E-state index contributed by atoms with van der Waals surface area (Å²) in [7, 11) is 0. The van der Waals surface area contributed by atoms with Crippen LogP contribution in [0.25, 0.3) is 0 Å². The molecule has 3 heterocycles. The Labute approximate surface area is 226 Å². The number of nitrogens with one attached hydrogen (secondary N) is 1. The second-order valence-corrected chi connectivity index (χ2v) is 11.4. The van der Waals surface area contributed by atoms with Gasteiger partial charge in [0, 0.05) is 36.4 Å². The Kier molecular flexibility index (Phi) is 6.27. The first-order chi connectivity index (χ1) is 18.2. The van der Waals surface area contributed by atoms with Crippen LogP contribution in [0.4, 0.5) is 27.5 Å². The van der Waals surface area contributed by atoms with Gasteiger partial charge in [-0.3, -0.25) is 9.69 Å². The number of benzene rings is 2. The Morgan fingerprint density at radius 2 is 2.11 bits per heavy atom. The van der Waals surface area contributed by atoms with Crippen molar-refractivity contribution in [3.63, 3.8) is 0 Å². The highest BCUT2D eigenvalue weighted by atomic mass is 35.5. The maximum atomic E-state index is 14.2. The van der Waals surface area contributed by atoms with Gasteiger partial charge in [0.2, 0.25) is 5.95 Å². The van der Waals surface area contributed by atoms with Crippen molar-refractivity contribution < 1.29 is 14.3 Å². The molecule has 9 heteroatoms. The van der Waals surface area contributed by atoms with E-state index in [1.54, 1.807) is 12.3 Å². The van der Waals surface area contributed by atoms with Crippen molar-refractivity contribution in [2.75, 3.05) is 29.9 Å². The topological polar surface area (TPSA) is 81.6 Å². The maximum absolute atomic E-state index is 14.2. The monoisotopic (exact) mass is 535 g/mol. The van der Waals surface area contributed by atoms with Crippen molar-refractivity contribution in [3.8, 4) is 0 Å². The molecule has 3 aromatic rings. The number of aromatic nitrogens is 2. The average Bonchev–Trinajstić information content (AvgIpc) is 3.15. The number of hydrogen-bond donors (Lipinski definition) is 2. The molecule has 1 aliphatic carbocycles. The van der Waals surface area contributed by atoms with Crippen molar-refractivity contribution in [2.24, 2.45) is 0 Å². The first-order valence-electron chi connectivity index (χ1n) is 13.2. The Morgan fingerprint density at radius 1 is 1.29 bits per heavy atom. The predicted molar refractivity (Wildman–Crippen MR) is 146 cm³/mol. The highest BCUT2D eigenvalue weighted by Gasteiger charge is 2.42. The van der Waals surface area contributed by atoms with Crippen LogP contribution in [0.5, 0.6) is 0 Å². The molecule has 3 aliphatic rings. The number of carboxylic acids is 1. The SMILES string of the molecule is CCN1Cc2cc(Nc3ncc(Cl)c(N4CC(C)(CC(=O)O)c5cc(F)ccc54)n3)cc3c2C(CCC3)C1. The molecule has 0 saturated carbocycles. The summed E-state index contributed by atoms with van der Waals surface area (Å²) in [6.45, 7) is 7.47.